The van der Waals surface area contributed by atoms with Crippen molar-refractivity contribution < 1.29 is 23.5 Å². The molecule has 1 aliphatic heterocycles. The maximum atomic E-state index is 14.3. The van der Waals surface area contributed by atoms with Crippen LogP contribution in [0.1, 0.15) is 15.9 Å². The van der Waals surface area contributed by atoms with Crippen LogP contribution in [-0.2, 0) is 20.7 Å². The summed E-state index contributed by atoms with van der Waals surface area (Å²) in [4.78, 5) is 30.4. The second kappa shape index (κ2) is 10.3. The van der Waals surface area contributed by atoms with Crippen molar-refractivity contribution in [2.45, 2.75) is 18.2 Å². The third kappa shape index (κ3) is 4.84. The number of nitrogens with zero attached hydrogens (tertiary/aromatic N) is 3. The van der Waals surface area contributed by atoms with Gasteiger partial charge in [-0.3, -0.25) is 9.59 Å². The van der Waals surface area contributed by atoms with Crippen molar-refractivity contribution in [2.75, 3.05) is 13.2 Å². The number of hydrogen-bond acceptors (Lipinski definition) is 6. The van der Waals surface area contributed by atoms with Gasteiger partial charge in [0.2, 0.25) is 0 Å². The SMILES string of the molecule is NC(=O)C1(C(Cc2ccccc2)NC(=O)c2cccnc2-n2ccc(-c3ccccc3F)n2)OCCO1. The Bertz CT molecular complexity index is 1420. The molecule has 0 bridgehead atoms. The zero-order valence-corrected chi connectivity index (χ0v) is 19.7. The third-order valence-corrected chi connectivity index (χ3v) is 6.09. The molecule has 2 amide bonds. The highest BCUT2D eigenvalue weighted by molar-refractivity contribution is 5.98. The lowest BCUT2D eigenvalue weighted by atomic mass is 9.97. The molecule has 1 saturated heterocycles. The highest BCUT2D eigenvalue weighted by Crippen LogP contribution is 2.27. The number of halogens is 1. The van der Waals surface area contributed by atoms with Gasteiger partial charge in [-0.25, -0.2) is 14.1 Å². The fourth-order valence-electron chi connectivity index (χ4n) is 4.32. The second-order valence-corrected chi connectivity index (χ2v) is 8.44. The smallest absolute Gasteiger partial charge is 0.280 e. The van der Waals surface area contributed by atoms with E-state index in [9.17, 15) is 14.0 Å². The van der Waals surface area contributed by atoms with Crippen LogP contribution in [0.4, 0.5) is 4.39 Å². The number of benzene rings is 2. The van der Waals surface area contributed by atoms with E-state index in [4.69, 9.17) is 15.2 Å². The molecule has 1 fully saturated rings. The van der Waals surface area contributed by atoms with Gasteiger partial charge in [-0.2, -0.15) is 5.10 Å². The molecule has 0 aliphatic carbocycles. The first-order valence-corrected chi connectivity index (χ1v) is 11.7. The van der Waals surface area contributed by atoms with Crippen LogP contribution in [0.15, 0.2) is 85.2 Å². The molecule has 1 unspecified atom stereocenters. The average Bonchev–Trinajstić information content (AvgIpc) is 3.60. The van der Waals surface area contributed by atoms with Crippen molar-refractivity contribution in [1.29, 1.82) is 0 Å². The van der Waals surface area contributed by atoms with Gasteiger partial charge in [-0.15, -0.1) is 0 Å². The van der Waals surface area contributed by atoms with E-state index in [1.807, 2.05) is 30.3 Å². The van der Waals surface area contributed by atoms with Gasteiger partial charge in [-0.1, -0.05) is 42.5 Å². The number of nitrogens with one attached hydrogen (secondary N) is 1. The monoisotopic (exact) mass is 501 g/mol. The van der Waals surface area contributed by atoms with E-state index in [1.54, 1.807) is 42.6 Å². The number of rotatable bonds is 8. The van der Waals surface area contributed by atoms with E-state index in [0.717, 1.165) is 5.56 Å². The number of amides is 2. The van der Waals surface area contributed by atoms with Crippen molar-refractivity contribution in [3.63, 3.8) is 0 Å². The summed E-state index contributed by atoms with van der Waals surface area (Å²) in [5, 5.41) is 7.30. The highest BCUT2D eigenvalue weighted by Gasteiger charge is 2.51. The lowest BCUT2D eigenvalue weighted by molar-refractivity contribution is -0.189. The summed E-state index contributed by atoms with van der Waals surface area (Å²) >= 11 is 0. The normalized spacial score (nSPS) is 15.3. The largest absolute Gasteiger partial charge is 0.365 e. The quantitative estimate of drug-likeness (QED) is 0.383. The molecule has 3 N–H and O–H groups in total. The standard InChI is InChI=1S/C27H24FN5O4/c28-21-11-5-4-9-19(21)22-12-14-33(32-22)24-20(10-6-13-30-24)25(34)31-23(17-18-7-2-1-3-8-18)27(26(29)35)36-15-16-37-27/h1-14,23H,15-17H2,(H2,29,35)(H,31,34). The van der Waals surface area contributed by atoms with Crippen LogP contribution in [0, 0.1) is 5.82 Å². The van der Waals surface area contributed by atoms with Crippen molar-refractivity contribution in [3.8, 4) is 17.1 Å². The fraction of sp³-hybridized carbons (Fsp3) is 0.185. The molecule has 0 radical (unpaired) electrons. The molecule has 2 aromatic heterocycles. The first kappa shape index (κ1) is 24.3. The van der Waals surface area contributed by atoms with E-state index in [2.05, 4.69) is 15.4 Å². The summed E-state index contributed by atoms with van der Waals surface area (Å²) in [6.07, 6.45) is 3.34. The number of nitrogens with two attached hydrogens (primary N) is 1. The molecule has 9 nitrogen and oxygen atoms in total. The van der Waals surface area contributed by atoms with Crippen molar-refractivity contribution in [2.24, 2.45) is 5.73 Å². The molecule has 0 spiro atoms. The maximum Gasteiger partial charge on any atom is 0.280 e. The Balaban J connectivity index is 1.47. The molecular formula is C27H24FN5O4. The van der Waals surface area contributed by atoms with Crippen molar-refractivity contribution in [1.82, 2.24) is 20.1 Å². The van der Waals surface area contributed by atoms with Gasteiger partial charge in [0.25, 0.3) is 17.6 Å². The zero-order valence-electron chi connectivity index (χ0n) is 19.7. The van der Waals surface area contributed by atoms with Crippen LogP contribution >= 0.6 is 0 Å². The Morgan fingerprint density at radius 3 is 2.49 bits per heavy atom. The predicted octanol–water partition coefficient (Wildman–Crippen LogP) is 2.64. The number of hydrogen-bond donors (Lipinski definition) is 2. The molecule has 0 saturated carbocycles. The number of ether oxygens (including phenoxy) is 2. The maximum absolute atomic E-state index is 14.3. The second-order valence-electron chi connectivity index (χ2n) is 8.44. The van der Waals surface area contributed by atoms with Crippen LogP contribution in [0.2, 0.25) is 0 Å². The summed E-state index contributed by atoms with van der Waals surface area (Å²) < 4.78 is 27.0. The van der Waals surface area contributed by atoms with Gasteiger partial charge in [-0.05, 0) is 42.3 Å². The average molecular weight is 502 g/mol. The molecule has 3 heterocycles. The van der Waals surface area contributed by atoms with Crippen LogP contribution in [-0.4, -0.2) is 51.6 Å². The minimum atomic E-state index is -1.82. The van der Waals surface area contributed by atoms with Gasteiger partial charge in [0.15, 0.2) is 5.82 Å². The number of carbonyl (C=O) groups is 2. The van der Waals surface area contributed by atoms with Crippen molar-refractivity contribution in [3.05, 3.63) is 102 Å². The van der Waals surface area contributed by atoms with E-state index >= 15 is 0 Å². The fourth-order valence-corrected chi connectivity index (χ4v) is 4.32. The summed E-state index contributed by atoms with van der Waals surface area (Å²) in [5.74, 6) is -3.38. The minimum Gasteiger partial charge on any atom is -0.365 e. The van der Waals surface area contributed by atoms with Crippen LogP contribution in [0.5, 0.6) is 0 Å². The Morgan fingerprint density at radius 1 is 1.03 bits per heavy atom. The van der Waals surface area contributed by atoms with E-state index in [-0.39, 0.29) is 31.0 Å². The van der Waals surface area contributed by atoms with E-state index < -0.39 is 29.5 Å². The van der Waals surface area contributed by atoms with Crippen molar-refractivity contribution >= 4 is 11.8 Å². The van der Waals surface area contributed by atoms with Crippen LogP contribution in [0.3, 0.4) is 0 Å². The molecule has 5 rings (SSSR count). The van der Waals surface area contributed by atoms with Gasteiger partial charge >= 0.3 is 0 Å². The Kier molecular flexibility index (Phi) is 6.76. The third-order valence-electron chi connectivity index (χ3n) is 6.09. The number of aromatic nitrogens is 3. The first-order valence-electron chi connectivity index (χ1n) is 11.7. The molecular weight excluding hydrogens is 477 g/mol. The molecule has 10 heteroatoms. The highest BCUT2D eigenvalue weighted by atomic mass is 19.1. The topological polar surface area (TPSA) is 121 Å². The summed E-state index contributed by atoms with van der Waals surface area (Å²) in [5.41, 5.74) is 7.44. The van der Waals surface area contributed by atoms with Crippen LogP contribution in [0.25, 0.3) is 17.1 Å². The van der Waals surface area contributed by atoms with Crippen LogP contribution < -0.4 is 11.1 Å². The lowest BCUT2D eigenvalue weighted by Gasteiger charge is -2.33. The number of primary amides is 1. The molecule has 1 atom stereocenters. The Labute approximate surface area is 212 Å². The minimum absolute atomic E-state index is 0.161. The first-order chi connectivity index (χ1) is 18.0. The lowest BCUT2D eigenvalue weighted by Crippen LogP contribution is -2.61. The van der Waals surface area contributed by atoms with Gasteiger partial charge < -0.3 is 20.5 Å². The van der Waals surface area contributed by atoms with E-state index in [0.29, 0.717) is 11.3 Å². The van der Waals surface area contributed by atoms with Gasteiger partial charge in [0, 0.05) is 18.0 Å². The molecule has 4 aromatic rings. The summed E-state index contributed by atoms with van der Waals surface area (Å²) in [6.45, 7) is 0.322. The molecule has 1 aliphatic rings. The zero-order chi connectivity index (χ0) is 25.8. The van der Waals surface area contributed by atoms with Gasteiger partial charge in [0.1, 0.15) is 5.82 Å². The summed E-state index contributed by atoms with van der Waals surface area (Å²) in [7, 11) is 0. The Morgan fingerprint density at radius 2 is 1.76 bits per heavy atom. The van der Waals surface area contributed by atoms with E-state index in [1.165, 1.54) is 16.9 Å². The predicted molar refractivity (Wildman–Crippen MR) is 132 cm³/mol. The molecule has 37 heavy (non-hydrogen) atoms. The van der Waals surface area contributed by atoms with Gasteiger partial charge in [0.05, 0.1) is 30.5 Å². The molecule has 2 aromatic carbocycles. The molecule has 188 valence electrons. The Hall–Kier alpha value is -4.41. The number of carbonyl (C=O) groups excluding carboxylic acids is 2. The summed E-state index contributed by atoms with van der Waals surface area (Å²) in [6, 6.07) is 19.5. The number of pyridine rings is 1.